The summed E-state index contributed by atoms with van der Waals surface area (Å²) in [5.74, 6) is 0.792. The van der Waals surface area contributed by atoms with Crippen molar-refractivity contribution in [1.82, 2.24) is 0 Å². The van der Waals surface area contributed by atoms with Crippen molar-refractivity contribution in [3.8, 4) is 6.07 Å². The van der Waals surface area contributed by atoms with Crippen molar-refractivity contribution in [2.45, 2.75) is 11.3 Å². The zero-order chi connectivity index (χ0) is 9.68. The first-order chi connectivity index (χ1) is 6.24. The molecule has 1 rings (SSSR count). The van der Waals surface area contributed by atoms with Gasteiger partial charge in [-0.2, -0.15) is 5.26 Å². The summed E-state index contributed by atoms with van der Waals surface area (Å²) in [7, 11) is 0. The average molecular weight is 193 g/mol. The van der Waals surface area contributed by atoms with Crippen LogP contribution in [-0.2, 0) is 0 Å². The van der Waals surface area contributed by atoms with Crippen LogP contribution < -0.4 is 11.5 Å². The summed E-state index contributed by atoms with van der Waals surface area (Å²) < 4.78 is 0. The van der Waals surface area contributed by atoms with Crippen molar-refractivity contribution in [2.75, 3.05) is 17.2 Å². The molecule has 0 amide bonds. The van der Waals surface area contributed by atoms with Gasteiger partial charge in [0.15, 0.2) is 0 Å². The van der Waals surface area contributed by atoms with Gasteiger partial charge in [-0.25, -0.2) is 0 Å². The number of rotatable bonds is 3. The van der Waals surface area contributed by atoms with E-state index in [-0.39, 0.29) is 0 Å². The van der Waals surface area contributed by atoms with E-state index in [0.29, 0.717) is 17.8 Å². The van der Waals surface area contributed by atoms with Gasteiger partial charge in [0.25, 0.3) is 0 Å². The Hall–Kier alpha value is -1.34. The number of nitrogens with two attached hydrogens (primary N) is 2. The minimum atomic E-state index is 0.551. The van der Waals surface area contributed by atoms with Crippen LogP contribution >= 0.6 is 11.8 Å². The van der Waals surface area contributed by atoms with E-state index in [1.165, 1.54) is 0 Å². The average Bonchev–Trinajstić information content (AvgIpc) is 2.12. The Kier molecular flexibility index (Phi) is 3.47. The van der Waals surface area contributed by atoms with Crippen LogP contribution in [0.4, 0.5) is 11.4 Å². The van der Waals surface area contributed by atoms with Gasteiger partial charge in [-0.1, -0.05) is 0 Å². The van der Waals surface area contributed by atoms with Gasteiger partial charge >= 0.3 is 0 Å². The molecule has 4 heteroatoms. The number of hydrogen-bond acceptors (Lipinski definition) is 4. The molecule has 3 nitrogen and oxygen atoms in total. The molecule has 0 bridgehead atoms. The molecule has 13 heavy (non-hydrogen) atoms. The molecule has 0 aliphatic rings. The van der Waals surface area contributed by atoms with E-state index in [4.69, 9.17) is 16.7 Å². The summed E-state index contributed by atoms with van der Waals surface area (Å²) in [6.45, 7) is 0. The van der Waals surface area contributed by atoms with Crippen molar-refractivity contribution < 1.29 is 0 Å². The minimum Gasteiger partial charge on any atom is -0.397 e. The van der Waals surface area contributed by atoms with Crippen LogP contribution in [-0.4, -0.2) is 5.75 Å². The molecule has 0 radical (unpaired) electrons. The third kappa shape index (κ3) is 2.88. The van der Waals surface area contributed by atoms with Crippen LogP contribution in [0.25, 0.3) is 0 Å². The number of hydrogen-bond donors (Lipinski definition) is 2. The Labute approximate surface area is 81.7 Å². The van der Waals surface area contributed by atoms with Gasteiger partial charge in [-0.3, -0.25) is 0 Å². The van der Waals surface area contributed by atoms with Crippen molar-refractivity contribution in [1.29, 1.82) is 5.26 Å². The van der Waals surface area contributed by atoms with E-state index in [2.05, 4.69) is 6.07 Å². The molecular weight excluding hydrogens is 182 g/mol. The molecule has 0 fully saturated rings. The lowest BCUT2D eigenvalue weighted by Crippen LogP contribution is -1.93. The Bertz CT molecular complexity index is 330. The number of benzene rings is 1. The maximum Gasteiger partial charge on any atom is 0.0630 e. The van der Waals surface area contributed by atoms with E-state index in [0.717, 1.165) is 10.6 Å². The van der Waals surface area contributed by atoms with Gasteiger partial charge in [0.05, 0.1) is 17.4 Å². The van der Waals surface area contributed by atoms with Crippen molar-refractivity contribution in [3.05, 3.63) is 18.2 Å². The SMILES string of the molecule is N#CCCSc1ccc(N)c(N)c1. The molecule has 1 aromatic rings. The van der Waals surface area contributed by atoms with Crippen molar-refractivity contribution >= 4 is 23.1 Å². The van der Waals surface area contributed by atoms with E-state index in [1.807, 2.05) is 12.1 Å². The first kappa shape index (κ1) is 9.75. The Morgan fingerprint density at radius 1 is 1.31 bits per heavy atom. The van der Waals surface area contributed by atoms with Crippen LogP contribution in [0.1, 0.15) is 6.42 Å². The molecular formula is C9H11N3S. The molecule has 4 N–H and O–H groups in total. The first-order valence-electron chi connectivity index (χ1n) is 3.89. The highest BCUT2D eigenvalue weighted by Gasteiger charge is 1.97. The second kappa shape index (κ2) is 4.63. The minimum absolute atomic E-state index is 0.551. The smallest absolute Gasteiger partial charge is 0.0630 e. The summed E-state index contributed by atoms with van der Waals surface area (Å²) >= 11 is 1.61. The fourth-order valence-electron chi connectivity index (χ4n) is 0.857. The zero-order valence-corrected chi connectivity index (χ0v) is 7.97. The lowest BCUT2D eigenvalue weighted by atomic mass is 10.3. The van der Waals surface area contributed by atoms with Gasteiger partial charge in [-0.05, 0) is 18.2 Å². The molecule has 0 spiro atoms. The highest BCUT2D eigenvalue weighted by atomic mass is 32.2. The van der Waals surface area contributed by atoms with E-state index >= 15 is 0 Å². The Morgan fingerprint density at radius 3 is 2.69 bits per heavy atom. The molecule has 0 saturated heterocycles. The van der Waals surface area contributed by atoms with Crippen LogP contribution in [0.15, 0.2) is 23.1 Å². The van der Waals surface area contributed by atoms with E-state index < -0.39 is 0 Å². The third-order valence-electron chi connectivity index (χ3n) is 1.54. The fraction of sp³-hybridized carbons (Fsp3) is 0.222. The molecule has 0 aromatic heterocycles. The van der Waals surface area contributed by atoms with Crippen LogP contribution in [0.5, 0.6) is 0 Å². The fourth-order valence-corrected chi connectivity index (χ4v) is 1.66. The number of nitriles is 1. The van der Waals surface area contributed by atoms with E-state index in [9.17, 15) is 0 Å². The number of nitrogen functional groups attached to an aromatic ring is 2. The summed E-state index contributed by atoms with van der Waals surface area (Å²) in [5.41, 5.74) is 12.4. The third-order valence-corrected chi connectivity index (χ3v) is 2.54. The normalized spacial score (nSPS) is 9.46. The topological polar surface area (TPSA) is 75.8 Å². The van der Waals surface area contributed by atoms with Crippen molar-refractivity contribution in [3.63, 3.8) is 0 Å². The number of anilines is 2. The number of nitrogens with zero attached hydrogens (tertiary/aromatic N) is 1. The lowest BCUT2D eigenvalue weighted by Gasteiger charge is -2.02. The van der Waals surface area contributed by atoms with Crippen molar-refractivity contribution in [2.24, 2.45) is 0 Å². The standard InChI is InChI=1S/C9H11N3S/c10-4-1-5-13-7-2-3-8(11)9(12)6-7/h2-3,6H,1,5,11-12H2. The second-order valence-electron chi connectivity index (χ2n) is 2.55. The Balaban J connectivity index is 2.59. The van der Waals surface area contributed by atoms with Crippen LogP contribution in [0.3, 0.4) is 0 Å². The molecule has 1 aromatic carbocycles. The van der Waals surface area contributed by atoms with E-state index in [1.54, 1.807) is 17.8 Å². The highest BCUT2D eigenvalue weighted by Crippen LogP contribution is 2.24. The Morgan fingerprint density at radius 2 is 2.08 bits per heavy atom. The van der Waals surface area contributed by atoms with Gasteiger partial charge in [0.1, 0.15) is 0 Å². The largest absolute Gasteiger partial charge is 0.397 e. The molecule has 0 aliphatic carbocycles. The molecule has 0 aliphatic heterocycles. The van der Waals surface area contributed by atoms with Crippen LogP contribution in [0, 0.1) is 11.3 Å². The predicted octanol–water partition coefficient (Wildman–Crippen LogP) is 1.86. The highest BCUT2D eigenvalue weighted by molar-refractivity contribution is 7.99. The molecule has 0 heterocycles. The summed E-state index contributed by atoms with van der Waals surface area (Å²) in [6, 6.07) is 7.61. The zero-order valence-electron chi connectivity index (χ0n) is 7.16. The monoisotopic (exact) mass is 193 g/mol. The predicted molar refractivity (Wildman–Crippen MR) is 56.2 cm³/mol. The maximum atomic E-state index is 8.33. The summed E-state index contributed by atoms with van der Waals surface area (Å²) in [4.78, 5) is 1.06. The summed E-state index contributed by atoms with van der Waals surface area (Å²) in [6.07, 6.45) is 0.551. The van der Waals surface area contributed by atoms with Gasteiger partial charge in [0, 0.05) is 17.1 Å². The van der Waals surface area contributed by atoms with Crippen LogP contribution in [0.2, 0.25) is 0 Å². The molecule has 68 valence electrons. The number of thioether (sulfide) groups is 1. The second-order valence-corrected chi connectivity index (χ2v) is 3.72. The summed E-state index contributed by atoms with van der Waals surface area (Å²) in [5, 5.41) is 8.33. The quantitative estimate of drug-likeness (QED) is 0.436. The molecule has 0 saturated carbocycles. The van der Waals surface area contributed by atoms with Gasteiger partial charge in [0.2, 0.25) is 0 Å². The molecule has 0 atom stereocenters. The lowest BCUT2D eigenvalue weighted by molar-refractivity contribution is 1.23. The maximum absolute atomic E-state index is 8.33. The molecule has 0 unspecified atom stereocenters. The first-order valence-corrected chi connectivity index (χ1v) is 4.87. The van der Waals surface area contributed by atoms with Gasteiger partial charge < -0.3 is 11.5 Å². The van der Waals surface area contributed by atoms with Gasteiger partial charge in [-0.15, -0.1) is 11.8 Å².